The highest BCUT2D eigenvalue weighted by atomic mass is 79.9. The molecule has 2 heterocycles. The van der Waals surface area contributed by atoms with E-state index in [4.69, 9.17) is 4.74 Å². The summed E-state index contributed by atoms with van der Waals surface area (Å²) in [5.41, 5.74) is 1.63. The summed E-state index contributed by atoms with van der Waals surface area (Å²) in [5, 5.41) is 3.73. The Morgan fingerprint density at radius 1 is 1.50 bits per heavy atom. The number of nitrogens with zero attached hydrogens (tertiary/aromatic N) is 2. The van der Waals surface area contributed by atoms with Crippen molar-refractivity contribution in [3.05, 3.63) is 22.7 Å². The minimum absolute atomic E-state index is 0.143. The third-order valence-electron chi connectivity index (χ3n) is 3.22. The van der Waals surface area contributed by atoms with Gasteiger partial charge in [-0.05, 0) is 18.2 Å². The van der Waals surface area contributed by atoms with Crippen LogP contribution in [0.1, 0.15) is 6.92 Å². The number of hydrogen-bond acceptors (Lipinski definition) is 4. The van der Waals surface area contributed by atoms with Gasteiger partial charge in [-0.2, -0.15) is 0 Å². The van der Waals surface area contributed by atoms with Gasteiger partial charge in [0.15, 0.2) is 11.6 Å². The number of aromatic nitrogens is 1. The van der Waals surface area contributed by atoms with Crippen molar-refractivity contribution in [2.24, 2.45) is 0 Å². The molecule has 0 spiro atoms. The van der Waals surface area contributed by atoms with E-state index in [1.54, 1.807) is 0 Å². The molecule has 0 saturated heterocycles. The molecule has 1 aliphatic rings. The van der Waals surface area contributed by atoms with Crippen molar-refractivity contribution in [2.75, 3.05) is 30.4 Å². The number of ether oxygens (including phenoxy) is 1. The van der Waals surface area contributed by atoms with Gasteiger partial charge in [-0.25, -0.2) is 4.98 Å². The lowest BCUT2D eigenvalue weighted by molar-refractivity contribution is -0.114. The topological polar surface area (TPSA) is 54.5 Å². The zero-order chi connectivity index (χ0) is 14.3. The molecule has 3 rings (SSSR count). The highest BCUT2D eigenvalue weighted by Gasteiger charge is 2.24. The van der Waals surface area contributed by atoms with Crippen LogP contribution < -0.4 is 15.0 Å². The van der Waals surface area contributed by atoms with Crippen molar-refractivity contribution in [3.63, 3.8) is 0 Å². The van der Waals surface area contributed by atoms with Crippen molar-refractivity contribution in [1.82, 2.24) is 4.98 Å². The lowest BCUT2D eigenvalue weighted by Gasteiger charge is -2.30. The average molecular weight is 336 g/mol. The number of carbonyl (C=O) groups excluding carboxylic acids is 1. The van der Waals surface area contributed by atoms with E-state index in [-0.39, 0.29) is 5.91 Å². The van der Waals surface area contributed by atoms with Crippen molar-refractivity contribution < 1.29 is 9.53 Å². The van der Waals surface area contributed by atoms with Gasteiger partial charge in [-0.15, -0.1) is 0 Å². The number of hydrogen-bond donors (Lipinski definition) is 1. The van der Waals surface area contributed by atoms with E-state index in [2.05, 4.69) is 31.1 Å². The zero-order valence-electron chi connectivity index (χ0n) is 11.2. The molecule has 0 unspecified atom stereocenters. The molecule has 1 aliphatic heterocycles. The molecule has 1 aromatic heterocycles. The second kappa shape index (κ2) is 4.94. The lowest BCUT2D eigenvalue weighted by atomic mass is 10.1. The fourth-order valence-corrected chi connectivity index (χ4v) is 2.71. The number of likely N-dealkylation sites (N-methyl/N-ethyl adjacent to an activating group) is 1. The van der Waals surface area contributed by atoms with Crippen molar-refractivity contribution in [1.29, 1.82) is 0 Å². The summed E-state index contributed by atoms with van der Waals surface area (Å²) >= 11 is 3.47. The number of anilines is 2. The largest absolute Gasteiger partial charge is 0.489 e. The Labute approximate surface area is 125 Å². The van der Waals surface area contributed by atoms with Crippen LogP contribution in [0.5, 0.6) is 5.75 Å². The number of halogens is 1. The van der Waals surface area contributed by atoms with E-state index >= 15 is 0 Å². The molecule has 1 aromatic carbocycles. The summed E-state index contributed by atoms with van der Waals surface area (Å²) in [6.45, 7) is 2.86. The number of amides is 1. The van der Waals surface area contributed by atoms with E-state index in [0.29, 0.717) is 12.4 Å². The van der Waals surface area contributed by atoms with Crippen LogP contribution in [0, 0.1) is 0 Å². The highest BCUT2D eigenvalue weighted by molar-refractivity contribution is 9.10. The predicted octanol–water partition coefficient (Wildman–Crippen LogP) is 2.78. The summed E-state index contributed by atoms with van der Waals surface area (Å²) in [6, 6.07) is 5.81. The first kappa shape index (κ1) is 13.2. The molecule has 0 radical (unpaired) electrons. The molecule has 0 atom stereocenters. The van der Waals surface area contributed by atoms with Crippen LogP contribution in [-0.4, -0.2) is 31.1 Å². The Balaban J connectivity index is 2.31. The van der Waals surface area contributed by atoms with Crippen LogP contribution in [0.15, 0.2) is 22.7 Å². The molecule has 0 aliphatic carbocycles. The fourth-order valence-electron chi connectivity index (χ4n) is 2.35. The van der Waals surface area contributed by atoms with Crippen molar-refractivity contribution in [3.8, 4) is 5.75 Å². The Hall–Kier alpha value is -1.82. The first-order valence-corrected chi connectivity index (χ1v) is 7.10. The number of carbonyl (C=O) groups is 1. The van der Waals surface area contributed by atoms with Crippen LogP contribution in [0.3, 0.4) is 0 Å². The number of pyridine rings is 1. The second-order valence-electron chi connectivity index (χ2n) is 4.75. The minimum Gasteiger partial charge on any atom is -0.489 e. The van der Waals surface area contributed by atoms with Crippen LogP contribution in [-0.2, 0) is 4.79 Å². The molecule has 2 aromatic rings. The smallest absolute Gasteiger partial charge is 0.222 e. The van der Waals surface area contributed by atoms with E-state index in [0.717, 1.165) is 33.4 Å². The zero-order valence-corrected chi connectivity index (χ0v) is 12.8. The van der Waals surface area contributed by atoms with Gasteiger partial charge < -0.3 is 15.0 Å². The number of rotatable bonds is 1. The number of benzene rings is 1. The molecular formula is C14H14BrN3O2. The van der Waals surface area contributed by atoms with Crippen LogP contribution in [0.4, 0.5) is 11.5 Å². The van der Waals surface area contributed by atoms with Gasteiger partial charge in [0, 0.05) is 23.8 Å². The Morgan fingerprint density at radius 3 is 3.05 bits per heavy atom. The molecule has 0 bridgehead atoms. The first-order chi connectivity index (χ1) is 9.56. The third-order valence-corrected chi connectivity index (χ3v) is 3.72. The second-order valence-corrected chi connectivity index (χ2v) is 5.67. The van der Waals surface area contributed by atoms with Crippen LogP contribution >= 0.6 is 15.9 Å². The van der Waals surface area contributed by atoms with E-state index in [1.165, 1.54) is 6.92 Å². The Bertz CT molecular complexity index is 702. The molecule has 5 nitrogen and oxygen atoms in total. The van der Waals surface area contributed by atoms with Gasteiger partial charge in [-0.3, -0.25) is 4.79 Å². The maximum Gasteiger partial charge on any atom is 0.222 e. The van der Waals surface area contributed by atoms with E-state index in [9.17, 15) is 4.79 Å². The molecular weight excluding hydrogens is 322 g/mol. The molecule has 104 valence electrons. The molecule has 1 amide bonds. The Kier molecular flexibility index (Phi) is 3.25. The number of fused-ring (bicyclic) bond motifs is 3. The maximum atomic E-state index is 11.4. The molecule has 0 fully saturated rings. The standard InChI is InChI=1S/C14H14BrN3O2/c1-8(19)16-14-12-13(20-6-5-18(12)2)10-7-9(15)3-4-11(10)17-14/h3-4,7H,5-6H2,1-2H3,(H,16,17,19). The third kappa shape index (κ3) is 2.20. The van der Waals surface area contributed by atoms with Gasteiger partial charge in [0.05, 0.1) is 12.1 Å². The van der Waals surface area contributed by atoms with Crippen molar-refractivity contribution >= 4 is 44.2 Å². The van der Waals surface area contributed by atoms with Gasteiger partial charge in [0.25, 0.3) is 0 Å². The summed E-state index contributed by atoms with van der Waals surface area (Å²) in [5.74, 6) is 1.17. The summed E-state index contributed by atoms with van der Waals surface area (Å²) < 4.78 is 6.80. The lowest BCUT2D eigenvalue weighted by Crippen LogP contribution is -2.30. The van der Waals surface area contributed by atoms with Gasteiger partial charge in [0.1, 0.15) is 12.3 Å². The fraction of sp³-hybridized carbons (Fsp3) is 0.286. The summed E-state index contributed by atoms with van der Waals surface area (Å²) in [4.78, 5) is 18.0. The first-order valence-electron chi connectivity index (χ1n) is 6.31. The highest BCUT2D eigenvalue weighted by Crippen LogP contribution is 2.42. The maximum absolute atomic E-state index is 11.4. The van der Waals surface area contributed by atoms with E-state index < -0.39 is 0 Å². The van der Waals surface area contributed by atoms with Gasteiger partial charge in [0.2, 0.25) is 5.91 Å². The molecule has 0 saturated carbocycles. The molecule has 20 heavy (non-hydrogen) atoms. The average Bonchev–Trinajstić information content (AvgIpc) is 2.39. The van der Waals surface area contributed by atoms with Gasteiger partial charge >= 0.3 is 0 Å². The number of nitrogens with one attached hydrogen (secondary N) is 1. The molecule has 1 N–H and O–H groups in total. The van der Waals surface area contributed by atoms with Crippen LogP contribution in [0.25, 0.3) is 10.9 Å². The monoisotopic (exact) mass is 335 g/mol. The minimum atomic E-state index is -0.143. The summed E-state index contributed by atoms with van der Waals surface area (Å²) in [6.07, 6.45) is 0. The normalized spacial score (nSPS) is 13.8. The Morgan fingerprint density at radius 2 is 2.30 bits per heavy atom. The predicted molar refractivity (Wildman–Crippen MR) is 82.5 cm³/mol. The molecule has 6 heteroatoms. The van der Waals surface area contributed by atoms with Crippen molar-refractivity contribution in [2.45, 2.75) is 6.92 Å². The SMILES string of the molecule is CC(=O)Nc1nc2ccc(Br)cc2c2c1N(C)CCO2. The quantitative estimate of drug-likeness (QED) is 0.870. The van der Waals surface area contributed by atoms with Gasteiger partial charge in [-0.1, -0.05) is 15.9 Å². The van der Waals surface area contributed by atoms with E-state index in [1.807, 2.05) is 25.2 Å². The van der Waals surface area contributed by atoms with Crippen LogP contribution in [0.2, 0.25) is 0 Å². The summed E-state index contributed by atoms with van der Waals surface area (Å²) in [7, 11) is 1.97.